The molecule has 1 aromatic carbocycles. The van der Waals surface area contributed by atoms with Crippen LogP contribution in [0.5, 0.6) is 0 Å². The fraction of sp³-hybridized carbons (Fsp3) is 0.357. The number of benzene rings is 1. The standard InChI is InChI=1S/C14H15BrN2O2/c1-8(17-11-6-14(18)16-7-11)13-5-9-4-10(15)2-3-12(9)19-13/h2-5,8,11,17H,6-7H2,1H3,(H,16,18). The zero-order valence-corrected chi connectivity index (χ0v) is 12.2. The number of amides is 1. The summed E-state index contributed by atoms with van der Waals surface area (Å²) in [5.74, 6) is 1.01. The van der Waals surface area contributed by atoms with Gasteiger partial charge in [-0.25, -0.2) is 0 Å². The summed E-state index contributed by atoms with van der Waals surface area (Å²) in [7, 11) is 0. The van der Waals surface area contributed by atoms with Gasteiger partial charge in [-0.15, -0.1) is 0 Å². The smallest absolute Gasteiger partial charge is 0.221 e. The highest BCUT2D eigenvalue weighted by molar-refractivity contribution is 9.10. The van der Waals surface area contributed by atoms with Crippen LogP contribution in [-0.2, 0) is 4.79 Å². The molecule has 2 N–H and O–H groups in total. The molecule has 2 atom stereocenters. The van der Waals surface area contributed by atoms with Gasteiger partial charge in [0, 0.05) is 28.9 Å². The van der Waals surface area contributed by atoms with E-state index in [0.29, 0.717) is 13.0 Å². The van der Waals surface area contributed by atoms with E-state index in [0.717, 1.165) is 21.2 Å². The van der Waals surface area contributed by atoms with E-state index in [9.17, 15) is 4.79 Å². The van der Waals surface area contributed by atoms with Gasteiger partial charge in [0.1, 0.15) is 11.3 Å². The average Bonchev–Trinajstić information content (AvgIpc) is 2.95. The Morgan fingerprint density at radius 2 is 2.32 bits per heavy atom. The second kappa shape index (κ2) is 4.98. The lowest BCUT2D eigenvalue weighted by Gasteiger charge is -2.15. The number of nitrogens with one attached hydrogen (secondary N) is 2. The molecular formula is C14H15BrN2O2. The highest BCUT2D eigenvalue weighted by Gasteiger charge is 2.24. The molecule has 0 radical (unpaired) electrons. The monoisotopic (exact) mass is 322 g/mol. The minimum absolute atomic E-state index is 0.0869. The van der Waals surface area contributed by atoms with E-state index in [2.05, 4.69) is 33.5 Å². The lowest BCUT2D eigenvalue weighted by Crippen LogP contribution is -2.32. The van der Waals surface area contributed by atoms with E-state index < -0.39 is 0 Å². The van der Waals surface area contributed by atoms with Crippen LogP contribution in [0.1, 0.15) is 25.1 Å². The summed E-state index contributed by atoms with van der Waals surface area (Å²) in [6.07, 6.45) is 0.538. The van der Waals surface area contributed by atoms with Gasteiger partial charge >= 0.3 is 0 Å². The number of halogens is 1. The summed E-state index contributed by atoms with van der Waals surface area (Å²) in [4.78, 5) is 11.2. The van der Waals surface area contributed by atoms with E-state index in [-0.39, 0.29) is 18.0 Å². The summed E-state index contributed by atoms with van der Waals surface area (Å²) in [6, 6.07) is 8.27. The molecular weight excluding hydrogens is 308 g/mol. The van der Waals surface area contributed by atoms with E-state index in [1.807, 2.05) is 24.3 Å². The molecule has 19 heavy (non-hydrogen) atoms. The summed E-state index contributed by atoms with van der Waals surface area (Å²) >= 11 is 3.45. The van der Waals surface area contributed by atoms with Crippen molar-refractivity contribution in [2.45, 2.75) is 25.4 Å². The number of hydrogen-bond donors (Lipinski definition) is 2. The lowest BCUT2D eigenvalue weighted by molar-refractivity contribution is -0.119. The van der Waals surface area contributed by atoms with E-state index >= 15 is 0 Å². The Hall–Kier alpha value is -1.33. The molecule has 1 aliphatic heterocycles. The molecule has 0 aliphatic carbocycles. The van der Waals surface area contributed by atoms with Gasteiger partial charge in [0.2, 0.25) is 5.91 Å². The molecule has 1 saturated heterocycles. The van der Waals surface area contributed by atoms with Crippen molar-refractivity contribution in [2.75, 3.05) is 6.54 Å². The van der Waals surface area contributed by atoms with E-state index in [1.54, 1.807) is 0 Å². The van der Waals surface area contributed by atoms with Crippen LogP contribution >= 0.6 is 15.9 Å². The Bertz CT molecular complexity index is 623. The molecule has 0 bridgehead atoms. The van der Waals surface area contributed by atoms with E-state index in [4.69, 9.17) is 4.42 Å². The molecule has 0 spiro atoms. The van der Waals surface area contributed by atoms with Crippen molar-refractivity contribution in [1.82, 2.24) is 10.6 Å². The molecule has 1 fully saturated rings. The van der Waals surface area contributed by atoms with Gasteiger partial charge in [0.05, 0.1) is 6.04 Å². The summed E-state index contributed by atoms with van der Waals surface area (Å²) < 4.78 is 6.87. The lowest BCUT2D eigenvalue weighted by atomic mass is 10.1. The first-order valence-electron chi connectivity index (χ1n) is 6.33. The van der Waals surface area contributed by atoms with Gasteiger partial charge in [0.25, 0.3) is 0 Å². The maximum Gasteiger partial charge on any atom is 0.221 e. The van der Waals surface area contributed by atoms with Crippen LogP contribution in [0.4, 0.5) is 0 Å². The quantitative estimate of drug-likeness (QED) is 0.913. The number of furan rings is 1. The molecule has 3 rings (SSSR count). The van der Waals surface area contributed by atoms with Crippen LogP contribution in [0.15, 0.2) is 33.2 Å². The van der Waals surface area contributed by atoms with E-state index in [1.165, 1.54) is 0 Å². The van der Waals surface area contributed by atoms with Crippen molar-refractivity contribution < 1.29 is 9.21 Å². The molecule has 2 unspecified atom stereocenters. The summed E-state index contributed by atoms with van der Waals surface area (Å²) in [6.45, 7) is 2.74. The van der Waals surface area contributed by atoms with Gasteiger partial charge in [-0.05, 0) is 31.2 Å². The van der Waals surface area contributed by atoms with Crippen molar-refractivity contribution in [2.24, 2.45) is 0 Å². The molecule has 0 saturated carbocycles. The fourth-order valence-corrected chi connectivity index (χ4v) is 2.79. The van der Waals surface area contributed by atoms with Crippen molar-refractivity contribution in [3.8, 4) is 0 Å². The molecule has 1 amide bonds. The minimum atomic E-state index is 0.0869. The maximum absolute atomic E-state index is 11.2. The SMILES string of the molecule is CC(NC1CNC(=O)C1)c1cc2cc(Br)ccc2o1. The Kier molecular flexibility index (Phi) is 3.33. The predicted molar refractivity (Wildman–Crippen MR) is 76.9 cm³/mol. The van der Waals surface area contributed by atoms with Gasteiger partial charge < -0.3 is 15.1 Å². The Labute approximate surface area is 119 Å². The number of carbonyl (C=O) groups excluding carboxylic acids is 1. The first-order valence-corrected chi connectivity index (χ1v) is 7.13. The molecule has 4 nitrogen and oxygen atoms in total. The Morgan fingerprint density at radius 1 is 1.47 bits per heavy atom. The highest BCUT2D eigenvalue weighted by Crippen LogP contribution is 2.27. The highest BCUT2D eigenvalue weighted by atomic mass is 79.9. The van der Waals surface area contributed by atoms with Crippen molar-refractivity contribution >= 4 is 32.8 Å². The van der Waals surface area contributed by atoms with Crippen LogP contribution in [0, 0.1) is 0 Å². The van der Waals surface area contributed by atoms with Crippen molar-refractivity contribution in [3.05, 3.63) is 34.5 Å². The van der Waals surface area contributed by atoms with Crippen LogP contribution in [0.3, 0.4) is 0 Å². The summed E-state index contributed by atoms with van der Waals surface area (Å²) in [5.41, 5.74) is 0.882. The summed E-state index contributed by atoms with van der Waals surface area (Å²) in [5, 5.41) is 7.32. The Balaban J connectivity index is 1.77. The number of fused-ring (bicyclic) bond motifs is 1. The zero-order valence-electron chi connectivity index (χ0n) is 10.6. The normalized spacial score (nSPS) is 20.7. The average molecular weight is 323 g/mol. The Morgan fingerprint density at radius 3 is 3.05 bits per heavy atom. The van der Waals surface area contributed by atoms with Gasteiger partial charge in [-0.3, -0.25) is 4.79 Å². The van der Waals surface area contributed by atoms with Crippen molar-refractivity contribution in [3.63, 3.8) is 0 Å². The van der Waals surface area contributed by atoms with Crippen LogP contribution in [0.25, 0.3) is 11.0 Å². The second-order valence-corrected chi connectivity index (χ2v) is 5.84. The van der Waals surface area contributed by atoms with Crippen LogP contribution in [-0.4, -0.2) is 18.5 Å². The van der Waals surface area contributed by atoms with Crippen LogP contribution < -0.4 is 10.6 Å². The largest absolute Gasteiger partial charge is 0.459 e. The van der Waals surface area contributed by atoms with Gasteiger partial charge in [0.15, 0.2) is 0 Å². The molecule has 1 aliphatic rings. The number of hydrogen-bond acceptors (Lipinski definition) is 3. The van der Waals surface area contributed by atoms with Gasteiger partial charge in [-0.1, -0.05) is 15.9 Å². The van der Waals surface area contributed by atoms with Crippen LogP contribution in [0.2, 0.25) is 0 Å². The molecule has 100 valence electrons. The second-order valence-electron chi connectivity index (χ2n) is 4.92. The first kappa shape index (κ1) is 12.7. The van der Waals surface area contributed by atoms with Crippen molar-refractivity contribution in [1.29, 1.82) is 0 Å². The zero-order chi connectivity index (χ0) is 13.4. The minimum Gasteiger partial charge on any atom is -0.459 e. The number of rotatable bonds is 3. The molecule has 5 heteroatoms. The molecule has 1 aromatic heterocycles. The molecule has 2 aromatic rings. The maximum atomic E-state index is 11.2. The third-order valence-electron chi connectivity index (χ3n) is 3.39. The topological polar surface area (TPSA) is 54.3 Å². The first-order chi connectivity index (χ1) is 9.11. The predicted octanol–water partition coefficient (Wildman–Crippen LogP) is 2.73. The third-order valence-corrected chi connectivity index (χ3v) is 3.88. The number of carbonyl (C=O) groups is 1. The fourth-order valence-electron chi connectivity index (χ4n) is 2.41. The third kappa shape index (κ3) is 2.67. The van der Waals surface area contributed by atoms with Gasteiger partial charge in [-0.2, -0.15) is 0 Å². The molecule has 2 heterocycles.